The molecule has 1 radical (unpaired) electrons. The molecule has 0 bridgehead atoms. The predicted molar refractivity (Wildman–Crippen MR) is 80.7 cm³/mol. The number of ether oxygens (including phenoxy) is 1. The van der Waals surface area contributed by atoms with Crippen molar-refractivity contribution in [3.05, 3.63) is 35.4 Å². The lowest BCUT2D eigenvalue weighted by atomic mass is 10.0. The summed E-state index contributed by atoms with van der Waals surface area (Å²) >= 11 is 0.975. The first-order chi connectivity index (χ1) is 9.24. The number of rotatable bonds is 8. The van der Waals surface area contributed by atoms with Crippen LogP contribution in [0, 0.1) is 0 Å². The zero-order valence-corrected chi connectivity index (χ0v) is 12.0. The number of methoxy groups -OCH3 is 1. The minimum atomic E-state index is 0.654. The standard InChI is InChI=1S/C14H20BO2S/c1-4-11(5-2)6-7-12-8-9-13(17-18-15)14(10-12)16-3/h4,8-10,15H,5-7H2,1-3H3/b11-4+/i15T. The Kier molecular flexibility index (Phi) is 6.07. The fourth-order valence-corrected chi connectivity index (χ4v) is 2.06. The van der Waals surface area contributed by atoms with Gasteiger partial charge in [-0.2, -0.15) is 0 Å². The van der Waals surface area contributed by atoms with Crippen molar-refractivity contribution in [1.82, 2.24) is 0 Å². The molecule has 0 heterocycles. The van der Waals surface area contributed by atoms with Gasteiger partial charge in [0.15, 0.2) is 11.5 Å². The molecule has 97 valence electrons. The summed E-state index contributed by atoms with van der Waals surface area (Å²) in [6, 6.07) is 5.94. The van der Waals surface area contributed by atoms with Crippen LogP contribution in [0.1, 0.15) is 32.3 Å². The molecule has 1 rings (SSSR count). The van der Waals surface area contributed by atoms with Crippen molar-refractivity contribution in [2.24, 2.45) is 0 Å². The van der Waals surface area contributed by atoms with Gasteiger partial charge in [0.25, 0.3) is 0 Å². The van der Waals surface area contributed by atoms with Gasteiger partial charge in [-0.15, -0.1) is 0 Å². The van der Waals surface area contributed by atoms with Crippen molar-refractivity contribution in [3.8, 4) is 11.5 Å². The van der Waals surface area contributed by atoms with Crippen molar-refractivity contribution >= 4 is 19.0 Å². The second-order valence-electron chi connectivity index (χ2n) is 3.97. The molecule has 2 nitrogen and oxygen atoms in total. The molecule has 1 aromatic carbocycles. The van der Waals surface area contributed by atoms with Gasteiger partial charge < -0.3 is 8.92 Å². The van der Waals surface area contributed by atoms with Crippen molar-refractivity contribution in [1.29, 1.82) is 1.34 Å². The molecule has 0 aliphatic heterocycles. The van der Waals surface area contributed by atoms with Gasteiger partial charge in [-0.25, -0.2) is 0 Å². The topological polar surface area (TPSA) is 18.5 Å². The quantitative estimate of drug-likeness (QED) is 0.404. The molecule has 0 aromatic heterocycles. The first-order valence-corrected chi connectivity index (χ1v) is 6.90. The predicted octanol–water partition coefficient (Wildman–Crippen LogP) is 3.83. The molecule has 1 aromatic rings. The highest BCUT2D eigenvalue weighted by Crippen LogP contribution is 2.30. The van der Waals surface area contributed by atoms with E-state index in [4.69, 9.17) is 10.3 Å². The normalized spacial score (nSPS) is 11.9. The first-order valence-electron chi connectivity index (χ1n) is 6.67. The Balaban J connectivity index is 2.70. The molecule has 0 atom stereocenters. The summed E-state index contributed by atoms with van der Waals surface area (Å²) in [6.07, 6.45) is 5.37. The molecule has 0 saturated carbocycles. The summed E-state index contributed by atoms with van der Waals surface area (Å²) in [6.45, 7) is 4.27. The van der Waals surface area contributed by atoms with Crippen LogP contribution in [-0.2, 0) is 6.42 Å². The fourth-order valence-electron chi connectivity index (χ4n) is 1.82. The van der Waals surface area contributed by atoms with E-state index >= 15 is 0 Å². The van der Waals surface area contributed by atoms with Crippen molar-refractivity contribution in [2.45, 2.75) is 33.1 Å². The highest BCUT2D eigenvalue weighted by Gasteiger charge is 2.06. The molecule has 18 heavy (non-hydrogen) atoms. The van der Waals surface area contributed by atoms with E-state index in [2.05, 4.69) is 19.9 Å². The Morgan fingerprint density at radius 1 is 1.50 bits per heavy atom. The van der Waals surface area contributed by atoms with Gasteiger partial charge in [0, 0.05) is 0 Å². The minimum Gasteiger partial charge on any atom is -0.493 e. The van der Waals surface area contributed by atoms with E-state index in [9.17, 15) is 0 Å². The van der Waals surface area contributed by atoms with Crippen molar-refractivity contribution in [3.63, 3.8) is 0 Å². The number of hydrogen-bond donors (Lipinski definition) is 0. The van der Waals surface area contributed by atoms with Gasteiger partial charge in [0.05, 0.1) is 7.11 Å². The van der Waals surface area contributed by atoms with Gasteiger partial charge in [0.1, 0.15) is 0 Å². The van der Waals surface area contributed by atoms with E-state index in [0.29, 0.717) is 11.5 Å². The Labute approximate surface area is 117 Å². The third-order valence-electron chi connectivity index (χ3n) is 2.96. The summed E-state index contributed by atoms with van der Waals surface area (Å²) in [5.41, 5.74) is 2.70. The highest BCUT2D eigenvalue weighted by molar-refractivity contribution is 8.16. The van der Waals surface area contributed by atoms with Crippen molar-refractivity contribution in [2.75, 3.05) is 7.11 Å². The van der Waals surface area contributed by atoms with Gasteiger partial charge in [-0.05, 0) is 57.1 Å². The van der Waals surface area contributed by atoms with E-state index in [1.807, 2.05) is 18.2 Å². The van der Waals surface area contributed by atoms with Crippen LogP contribution in [0.2, 0.25) is 0 Å². The van der Waals surface area contributed by atoms with Gasteiger partial charge in [-0.1, -0.05) is 24.6 Å². The monoisotopic (exact) mass is 265 g/mol. The zero-order valence-electron chi connectivity index (χ0n) is 12.2. The van der Waals surface area contributed by atoms with E-state index in [1.54, 1.807) is 7.11 Å². The SMILES string of the molecule is [3H][B]SOc1ccc(CC/C(=C/C)CC)cc1OC. The number of hydrogen-bond acceptors (Lipinski definition) is 3. The number of benzene rings is 1. The van der Waals surface area contributed by atoms with Crippen LogP contribution in [0.25, 0.3) is 0 Å². The second-order valence-corrected chi connectivity index (χ2v) is 4.32. The molecular formula is C14H20BO2S. The Hall–Kier alpha value is -1.03. The molecule has 0 aliphatic rings. The van der Waals surface area contributed by atoms with Gasteiger partial charge in [-0.3, -0.25) is 0 Å². The van der Waals surface area contributed by atoms with Crippen LogP contribution in [-0.4, -0.2) is 15.5 Å². The molecule has 4 heteroatoms. The van der Waals surface area contributed by atoms with Crippen LogP contribution in [0.4, 0.5) is 0 Å². The van der Waals surface area contributed by atoms with Crippen LogP contribution in [0.5, 0.6) is 11.5 Å². The maximum absolute atomic E-state index is 6.94. The maximum atomic E-state index is 6.94. The summed E-state index contributed by atoms with van der Waals surface area (Å²) in [7, 11) is 2.78. The lowest BCUT2D eigenvalue weighted by Crippen LogP contribution is -1.93. The van der Waals surface area contributed by atoms with Crippen LogP contribution >= 0.6 is 11.9 Å². The molecule has 0 spiro atoms. The van der Waals surface area contributed by atoms with E-state index in [1.165, 1.54) is 11.1 Å². The third kappa shape index (κ3) is 4.33. The highest BCUT2D eigenvalue weighted by atomic mass is 32.2. The third-order valence-corrected chi connectivity index (χ3v) is 3.24. The zero-order chi connectivity index (χ0) is 14.1. The largest absolute Gasteiger partial charge is 0.493 e. The minimum absolute atomic E-state index is 0.654. The Morgan fingerprint density at radius 2 is 2.33 bits per heavy atom. The fraction of sp³-hybridized carbons (Fsp3) is 0.429. The Bertz CT molecular complexity index is 424. The van der Waals surface area contributed by atoms with E-state index in [0.717, 1.165) is 38.2 Å². The molecular weight excluding hydrogens is 243 g/mol. The van der Waals surface area contributed by atoms with Crippen LogP contribution in [0.15, 0.2) is 29.8 Å². The molecule has 0 aliphatic carbocycles. The average molecular weight is 265 g/mol. The number of aryl methyl sites for hydroxylation is 1. The van der Waals surface area contributed by atoms with Crippen LogP contribution < -0.4 is 8.92 Å². The molecule has 0 N–H and O–H groups in total. The van der Waals surface area contributed by atoms with Gasteiger partial charge >= 0.3 is 0 Å². The average Bonchev–Trinajstić information content (AvgIpc) is 2.46. The molecule has 0 amide bonds. The number of allylic oxidation sites excluding steroid dienone is 2. The second kappa shape index (κ2) is 8.14. The molecule has 0 saturated heterocycles. The maximum Gasteiger partial charge on any atom is 0.227 e. The van der Waals surface area contributed by atoms with Crippen molar-refractivity contribution < 1.29 is 8.92 Å². The summed E-state index contributed by atoms with van der Waals surface area (Å²) < 4.78 is 17.6. The van der Waals surface area contributed by atoms with Crippen LogP contribution in [0.3, 0.4) is 0 Å². The smallest absolute Gasteiger partial charge is 0.227 e. The lowest BCUT2D eigenvalue weighted by Gasteiger charge is -2.10. The van der Waals surface area contributed by atoms with E-state index in [-0.39, 0.29) is 0 Å². The summed E-state index contributed by atoms with van der Waals surface area (Å²) in [4.78, 5) is 0. The summed E-state index contributed by atoms with van der Waals surface area (Å²) in [5.74, 6) is 1.37. The molecule has 0 unspecified atom stereocenters. The Morgan fingerprint density at radius 3 is 2.94 bits per heavy atom. The lowest BCUT2D eigenvalue weighted by molar-refractivity contribution is 0.399. The first kappa shape index (κ1) is 13.4. The van der Waals surface area contributed by atoms with Gasteiger partial charge in [0.2, 0.25) is 7.09 Å². The summed E-state index contributed by atoms with van der Waals surface area (Å²) in [5, 5.41) is 0. The van der Waals surface area contributed by atoms with E-state index < -0.39 is 0 Å². The molecule has 0 fully saturated rings.